The molecule has 0 saturated carbocycles. The number of anilines is 1. The number of benzene rings is 2. The van der Waals surface area contributed by atoms with E-state index in [1.807, 2.05) is 50.2 Å². The van der Waals surface area contributed by atoms with Gasteiger partial charge in [0, 0.05) is 38.2 Å². The lowest BCUT2D eigenvalue weighted by atomic mass is 10.0. The molecule has 4 aromatic heterocycles. The number of halogens is 3. The number of rotatable bonds is 11. The molecular weight excluding hydrogens is 652 g/mol. The highest BCUT2D eigenvalue weighted by Crippen LogP contribution is 2.42. The summed E-state index contributed by atoms with van der Waals surface area (Å²) in [7, 11) is 0.0459. The standard InChI is InChI=1S/C35H38F3N7O3Si/c1-22-14-15-44-30(22)34(46)45(25-10-8-7-9-11-25)32(42-44)23(2)41-31-29-27(26-18-24(35(36,37)38)12-13-28(26)47-3)19-43(33(29)40-20-39-31)21-48-16-17-49(4,5)6/h7-15,18-20,23H,16-17,21H2,1-6H3,(H,39,40,41)/t23-/m0/s1. The van der Waals surface area contributed by atoms with Gasteiger partial charge in [-0.05, 0) is 61.9 Å². The van der Waals surface area contributed by atoms with Crippen molar-refractivity contribution < 1.29 is 22.6 Å². The molecule has 0 fully saturated rings. The number of aryl methyl sites for hydroxylation is 1. The number of hydrogen-bond acceptors (Lipinski definition) is 7. The quantitative estimate of drug-likeness (QED) is 0.110. The van der Waals surface area contributed by atoms with Crippen LogP contribution in [0.1, 0.15) is 29.9 Å². The number of ether oxygens (including phenoxy) is 2. The fourth-order valence-electron chi connectivity index (χ4n) is 5.78. The molecule has 256 valence electrons. The van der Waals surface area contributed by atoms with Crippen LogP contribution in [0.3, 0.4) is 0 Å². The second-order valence-electron chi connectivity index (χ2n) is 13.2. The van der Waals surface area contributed by atoms with Crippen LogP contribution in [-0.4, -0.2) is 50.5 Å². The summed E-state index contributed by atoms with van der Waals surface area (Å²) in [6, 6.07) is 14.8. The van der Waals surface area contributed by atoms with Crippen LogP contribution >= 0.6 is 0 Å². The van der Waals surface area contributed by atoms with E-state index in [1.165, 1.54) is 19.5 Å². The van der Waals surface area contributed by atoms with Crippen LogP contribution < -0.4 is 15.6 Å². The van der Waals surface area contributed by atoms with Crippen LogP contribution in [0.5, 0.6) is 5.75 Å². The molecule has 6 aromatic rings. The Labute approximate surface area is 282 Å². The minimum absolute atomic E-state index is 0.132. The Bertz CT molecular complexity index is 2190. The zero-order chi connectivity index (χ0) is 35.1. The van der Waals surface area contributed by atoms with Crippen molar-refractivity contribution in [2.24, 2.45) is 0 Å². The van der Waals surface area contributed by atoms with E-state index in [-0.39, 0.29) is 23.6 Å². The van der Waals surface area contributed by atoms with Crippen molar-refractivity contribution in [3.05, 3.63) is 101 Å². The van der Waals surface area contributed by atoms with Gasteiger partial charge in [0.15, 0.2) is 5.82 Å². The molecule has 0 spiro atoms. The first kappa shape index (κ1) is 33.9. The Hall–Kier alpha value is -4.95. The zero-order valence-corrected chi connectivity index (χ0v) is 29.2. The fourth-order valence-corrected chi connectivity index (χ4v) is 6.54. The molecule has 0 aliphatic carbocycles. The summed E-state index contributed by atoms with van der Waals surface area (Å²) in [6.07, 6.45) is 0.266. The molecule has 0 bridgehead atoms. The Kier molecular flexibility index (Phi) is 9.11. The largest absolute Gasteiger partial charge is 0.496 e. The summed E-state index contributed by atoms with van der Waals surface area (Å²) in [5, 5.41) is 8.71. The van der Waals surface area contributed by atoms with Crippen molar-refractivity contribution in [1.29, 1.82) is 0 Å². The number of aromatic nitrogens is 6. The van der Waals surface area contributed by atoms with E-state index >= 15 is 0 Å². The van der Waals surface area contributed by atoms with E-state index < -0.39 is 25.9 Å². The smallest absolute Gasteiger partial charge is 0.416 e. The van der Waals surface area contributed by atoms with E-state index in [9.17, 15) is 18.0 Å². The maximum absolute atomic E-state index is 14.0. The third-order valence-corrected chi connectivity index (χ3v) is 10.1. The van der Waals surface area contributed by atoms with E-state index in [2.05, 4.69) is 34.9 Å². The average Bonchev–Trinajstić information content (AvgIpc) is 3.63. The van der Waals surface area contributed by atoms with Crippen LogP contribution in [0.2, 0.25) is 25.7 Å². The van der Waals surface area contributed by atoms with Crippen LogP contribution in [0.25, 0.3) is 33.4 Å². The maximum atomic E-state index is 14.0. The van der Waals surface area contributed by atoms with Crippen molar-refractivity contribution in [2.45, 2.75) is 58.5 Å². The second kappa shape index (κ2) is 13.2. The Morgan fingerprint density at radius 1 is 1.02 bits per heavy atom. The molecule has 6 rings (SSSR count). The highest BCUT2D eigenvalue weighted by atomic mass is 28.3. The monoisotopic (exact) mass is 689 g/mol. The van der Waals surface area contributed by atoms with Gasteiger partial charge in [-0.1, -0.05) is 37.8 Å². The summed E-state index contributed by atoms with van der Waals surface area (Å²) in [6.45, 7) is 11.1. The summed E-state index contributed by atoms with van der Waals surface area (Å²) in [4.78, 5) is 23.1. The first-order chi connectivity index (χ1) is 23.3. The van der Waals surface area contributed by atoms with Gasteiger partial charge in [-0.25, -0.2) is 14.5 Å². The summed E-state index contributed by atoms with van der Waals surface area (Å²) >= 11 is 0. The molecule has 1 N–H and O–H groups in total. The van der Waals surface area contributed by atoms with Crippen LogP contribution in [-0.2, 0) is 17.6 Å². The van der Waals surface area contributed by atoms with Crippen molar-refractivity contribution >= 4 is 30.4 Å². The molecule has 0 unspecified atom stereocenters. The van der Waals surface area contributed by atoms with Crippen LogP contribution in [0.4, 0.5) is 19.0 Å². The minimum Gasteiger partial charge on any atom is -0.496 e. The third-order valence-electron chi connectivity index (χ3n) is 8.37. The van der Waals surface area contributed by atoms with E-state index in [0.29, 0.717) is 46.1 Å². The van der Waals surface area contributed by atoms with Crippen molar-refractivity contribution in [3.63, 3.8) is 0 Å². The van der Waals surface area contributed by atoms with Gasteiger partial charge in [0.1, 0.15) is 35.8 Å². The van der Waals surface area contributed by atoms with Gasteiger partial charge in [-0.3, -0.25) is 9.36 Å². The predicted octanol–water partition coefficient (Wildman–Crippen LogP) is 7.72. The lowest BCUT2D eigenvalue weighted by Gasteiger charge is -2.20. The first-order valence-corrected chi connectivity index (χ1v) is 19.6. The molecule has 0 radical (unpaired) electrons. The minimum atomic E-state index is -4.58. The molecule has 0 aliphatic heterocycles. The molecule has 2 aromatic carbocycles. The number of para-hydroxylation sites is 1. The van der Waals surface area contributed by atoms with Crippen molar-refractivity contribution in [2.75, 3.05) is 19.0 Å². The fraction of sp³-hybridized carbons (Fsp3) is 0.314. The second-order valence-corrected chi connectivity index (χ2v) is 18.8. The van der Waals surface area contributed by atoms with Crippen LogP contribution in [0, 0.1) is 6.92 Å². The van der Waals surface area contributed by atoms with Gasteiger partial charge in [-0.2, -0.15) is 18.3 Å². The number of fused-ring (bicyclic) bond motifs is 2. The Balaban J connectivity index is 1.51. The SMILES string of the molecule is COc1ccc(C(F)(F)F)cc1-c1cn(COCC[Si](C)(C)C)c2ncnc(N[C@@H](C)c3nn4ccc(C)c4c(=O)n3-c3ccccc3)c12. The van der Waals surface area contributed by atoms with Gasteiger partial charge in [0.2, 0.25) is 0 Å². The summed E-state index contributed by atoms with van der Waals surface area (Å²) in [5.41, 5.74) is 1.92. The highest BCUT2D eigenvalue weighted by Gasteiger charge is 2.32. The summed E-state index contributed by atoms with van der Waals surface area (Å²) in [5.74, 6) is 0.992. The highest BCUT2D eigenvalue weighted by molar-refractivity contribution is 6.76. The Morgan fingerprint density at radius 3 is 2.47 bits per heavy atom. The molecule has 14 heteroatoms. The molecule has 1 atom stereocenters. The topological polar surface area (TPSA) is 100 Å². The number of hydrogen-bond donors (Lipinski definition) is 1. The van der Waals surface area contributed by atoms with E-state index in [1.54, 1.807) is 26.0 Å². The molecular formula is C35H38F3N7O3Si. The van der Waals surface area contributed by atoms with Gasteiger partial charge in [0.25, 0.3) is 5.56 Å². The normalized spacial score (nSPS) is 12.9. The lowest BCUT2D eigenvalue weighted by molar-refractivity contribution is -0.137. The molecule has 0 amide bonds. The summed E-state index contributed by atoms with van der Waals surface area (Å²) < 4.78 is 58.4. The first-order valence-electron chi connectivity index (χ1n) is 15.9. The van der Waals surface area contributed by atoms with Gasteiger partial charge in [-0.15, -0.1) is 0 Å². The molecule has 0 saturated heterocycles. The third kappa shape index (κ3) is 6.83. The average molecular weight is 690 g/mol. The van der Waals surface area contributed by atoms with Crippen LogP contribution in [0.15, 0.2) is 78.1 Å². The van der Waals surface area contributed by atoms with Crippen molar-refractivity contribution in [3.8, 4) is 22.6 Å². The lowest BCUT2D eigenvalue weighted by Crippen LogP contribution is -2.29. The molecule has 0 aliphatic rings. The molecule has 49 heavy (non-hydrogen) atoms. The molecule has 4 heterocycles. The molecule has 10 nitrogen and oxygen atoms in total. The van der Waals surface area contributed by atoms with Gasteiger partial charge >= 0.3 is 6.18 Å². The maximum Gasteiger partial charge on any atom is 0.416 e. The van der Waals surface area contributed by atoms with Gasteiger partial charge < -0.3 is 19.4 Å². The predicted molar refractivity (Wildman–Crippen MR) is 186 cm³/mol. The zero-order valence-electron chi connectivity index (χ0n) is 28.2. The van der Waals surface area contributed by atoms with E-state index in [0.717, 1.165) is 23.7 Å². The van der Waals surface area contributed by atoms with Gasteiger partial charge in [0.05, 0.1) is 29.8 Å². The number of alkyl halides is 3. The number of nitrogens with zero attached hydrogens (tertiary/aromatic N) is 6. The Morgan fingerprint density at radius 2 is 1.78 bits per heavy atom. The number of nitrogens with one attached hydrogen (secondary N) is 1. The van der Waals surface area contributed by atoms with Crippen molar-refractivity contribution in [1.82, 2.24) is 28.7 Å². The van der Waals surface area contributed by atoms with E-state index in [4.69, 9.17) is 14.6 Å². The number of methoxy groups -OCH3 is 1.